The number of esters is 1. The van der Waals surface area contributed by atoms with Crippen LogP contribution in [0.15, 0.2) is 54.7 Å². The Labute approximate surface area is 173 Å². The fourth-order valence-corrected chi connectivity index (χ4v) is 3.13. The molecule has 0 fully saturated rings. The lowest BCUT2D eigenvalue weighted by Crippen LogP contribution is -2.28. The van der Waals surface area contributed by atoms with Gasteiger partial charge in [-0.3, -0.25) is 4.79 Å². The second kappa shape index (κ2) is 9.26. The van der Waals surface area contributed by atoms with Crippen molar-refractivity contribution >= 4 is 34.3 Å². The number of rotatable bonds is 8. The third-order valence-corrected chi connectivity index (χ3v) is 4.57. The van der Waals surface area contributed by atoms with E-state index < -0.39 is 18.7 Å². The summed E-state index contributed by atoms with van der Waals surface area (Å²) >= 11 is 5.90. The van der Waals surface area contributed by atoms with Gasteiger partial charge >= 0.3 is 5.97 Å². The summed E-state index contributed by atoms with van der Waals surface area (Å²) in [4.78, 5) is 24.9. The molecule has 1 atom stereocenters. The Kier molecular flexibility index (Phi) is 6.53. The predicted molar refractivity (Wildman–Crippen MR) is 109 cm³/mol. The Morgan fingerprint density at radius 1 is 1.21 bits per heavy atom. The molecular weight excluding hydrogens is 392 g/mol. The van der Waals surface area contributed by atoms with Gasteiger partial charge in [0.25, 0.3) is 0 Å². The molecule has 29 heavy (non-hydrogen) atoms. The van der Waals surface area contributed by atoms with Crippen molar-refractivity contribution in [3.63, 3.8) is 0 Å². The number of nitrogens with zero attached hydrogens (tertiary/aromatic N) is 2. The van der Waals surface area contributed by atoms with Crippen molar-refractivity contribution in [3.8, 4) is 11.8 Å². The molecule has 0 saturated carbocycles. The number of Topliss-reactive ketones (excluding diaryl/α,β-unsaturated/α-hetero) is 1. The van der Waals surface area contributed by atoms with Gasteiger partial charge in [-0.25, -0.2) is 4.79 Å². The molecule has 3 aromatic rings. The second-order valence-corrected chi connectivity index (χ2v) is 6.85. The molecular formula is C22H19ClN2O4. The highest BCUT2D eigenvalue weighted by molar-refractivity contribution is 6.30. The molecule has 0 radical (unpaired) electrons. The summed E-state index contributed by atoms with van der Waals surface area (Å²) in [5, 5.41) is 10.1. The number of hydrogen-bond donors (Lipinski definition) is 0. The molecule has 1 aromatic heterocycles. The van der Waals surface area contributed by atoms with Crippen molar-refractivity contribution in [2.45, 2.75) is 26.0 Å². The van der Waals surface area contributed by atoms with E-state index in [1.807, 2.05) is 28.8 Å². The highest BCUT2D eigenvalue weighted by Crippen LogP contribution is 2.23. The normalized spacial score (nSPS) is 11.6. The highest BCUT2D eigenvalue weighted by atomic mass is 35.5. The van der Waals surface area contributed by atoms with Crippen LogP contribution in [0.2, 0.25) is 5.02 Å². The largest absolute Gasteiger partial charge is 0.479 e. The fraction of sp³-hybridized carbons (Fsp3) is 0.227. The Morgan fingerprint density at radius 2 is 2.00 bits per heavy atom. The van der Waals surface area contributed by atoms with Crippen molar-refractivity contribution in [2.75, 3.05) is 6.61 Å². The third kappa shape index (κ3) is 4.95. The zero-order valence-corrected chi connectivity index (χ0v) is 16.6. The van der Waals surface area contributed by atoms with Crippen LogP contribution in [0.3, 0.4) is 0 Å². The zero-order chi connectivity index (χ0) is 20.8. The van der Waals surface area contributed by atoms with E-state index in [1.165, 1.54) is 0 Å². The van der Waals surface area contributed by atoms with Gasteiger partial charge in [-0.2, -0.15) is 5.26 Å². The number of halogens is 1. The van der Waals surface area contributed by atoms with Crippen LogP contribution in [0.1, 0.15) is 23.7 Å². The van der Waals surface area contributed by atoms with E-state index in [-0.39, 0.29) is 5.78 Å². The molecule has 0 aliphatic rings. The van der Waals surface area contributed by atoms with Gasteiger partial charge < -0.3 is 14.0 Å². The number of carbonyl (C=O) groups excluding carboxylic acids is 2. The van der Waals surface area contributed by atoms with Crippen molar-refractivity contribution in [2.24, 2.45) is 0 Å². The minimum Gasteiger partial charge on any atom is -0.479 e. The Morgan fingerprint density at radius 3 is 2.76 bits per heavy atom. The van der Waals surface area contributed by atoms with Crippen LogP contribution in [0, 0.1) is 11.3 Å². The number of nitriles is 1. The Hall–Kier alpha value is -3.30. The van der Waals surface area contributed by atoms with Gasteiger partial charge in [0.15, 0.2) is 12.7 Å². The first-order chi connectivity index (χ1) is 14.0. The van der Waals surface area contributed by atoms with Crippen molar-refractivity contribution in [3.05, 3.63) is 65.3 Å². The van der Waals surface area contributed by atoms with Crippen LogP contribution in [0.5, 0.6) is 5.75 Å². The quantitative estimate of drug-likeness (QED) is 0.406. The van der Waals surface area contributed by atoms with E-state index in [1.54, 1.807) is 37.4 Å². The summed E-state index contributed by atoms with van der Waals surface area (Å²) in [6, 6.07) is 16.2. The van der Waals surface area contributed by atoms with Crippen LogP contribution in [0.4, 0.5) is 0 Å². The van der Waals surface area contributed by atoms with Gasteiger partial charge in [-0.1, -0.05) is 35.9 Å². The molecule has 7 heteroatoms. The summed E-state index contributed by atoms with van der Waals surface area (Å²) in [6.45, 7) is 1.63. The Balaban J connectivity index is 1.66. The number of aromatic nitrogens is 1. The molecule has 0 aliphatic heterocycles. The molecule has 1 unspecified atom stereocenters. The number of carbonyl (C=O) groups is 2. The van der Waals surface area contributed by atoms with E-state index in [0.29, 0.717) is 29.3 Å². The molecule has 0 N–H and O–H groups in total. The maximum atomic E-state index is 12.7. The predicted octanol–water partition coefficient (Wildman–Crippen LogP) is 4.40. The number of fused-ring (bicyclic) bond motifs is 1. The van der Waals surface area contributed by atoms with Crippen LogP contribution < -0.4 is 4.74 Å². The number of benzene rings is 2. The monoisotopic (exact) mass is 410 g/mol. The number of ketones is 1. The first-order valence-corrected chi connectivity index (χ1v) is 9.44. The lowest BCUT2D eigenvalue weighted by Gasteiger charge is -2.13. The molecule has 3 rings (SSSR count). The first kappa shape index (κ1) is 20.4. The molecule has 0 saturated heterocycles. The highest BCUT2D eigenvalue weighted by Gasteiger charge is 2.20. The summed E-state index contributed by atoms with van der Waals surface area (Å²) in [5.41, 5.74) is 1.31. The van der Waals surface area contributed by atoms with Crippen LogP contribution in [0.25, 0.3) is 10.9 Å². The molecule has 6 nitrogen and oxygen atoms in total. The lowest BCUT2D eigenvalue weighted by molar-refractivity contribution is -0.149. The van der Waals surface area contributed by atoms with Gasteiger partial charge in [-0.05, 0) is 31.2 Å². The molecule has 0 bridgehead atoms. The number of hydrogen-bond acceptors (Lipinski definition) is 5. The summed E-state index contributed by atoms with van der Waals surface area (Å²) in [6.07, 6.45) is 1.14. The Bertz CT molecular complexity index is 1080. The minimum atomic E-state index is -0.891. The van der Waals surface area contributed by atoms with Gasteiger partial charge in [-0.15, -0.1) is 0 Å². The summed E-state index contributed by atoms with van der Waals surface area (Å²) < 4.78 is 12.5. The average molecular weight is 411 g/mol. The molecule has 0 amide bonds. The second-order valence-electron chi connectivity index (χ2n) is 6.41. The van der Waals surface area contributed by atoms with E-state index in [0.717, 1.165) is 10.9 Å². The average Bonchev–Trinajstić information content (AvgIpc) is 3.09. The number of para-hydroxylation sites is 1. The topological polar surface area (TPSA) is 81.3 Å². The summed E-state index contributed by atoms with van der Waals surface area (Å²) in [7, 11) is 0. The van der Waals surface area contributed by atoms with Crippen molar-refractivity contribution in [1.82, 2.24) is 4.57 Å². The summed E-state index contributed by atoms with van der Waals surface area (Å²) in [5.74, 6) is -0.527. The van der Waals surface area contributed by atoms with Gasteiger partial charge in [0.05, 0.1) is 12.5 Å². The fourth-order valence-electron chi connectivity index (χ4n) is 2.95. The maximum Gasteiger partial charge on any atom is 0.347 e. The SMILES string of the molecule is CC(Oc1cccc(Cl)c1)C(=O)OCC(=O)c1cn(CCC#N)c2ccccc12. The molecule has 2 aromatic carbocycles. The van der Waals surface area contributed by atoms with Gasteiger partial charge in [0, 0.05) is 34.2 Å². The van der Waals surface area contributed by atoms with E-state index in [9.17, 15) is 9.59 Å². The van der Waals surface area contributed by atoms with Crippen LogP contribution in [-0.4, -0.2) is 29.0 Å². The smallest absolute Gasteiger partial charge is 0.347 e. The zero-order valence-electron chi connectivity index (χ0n) is 15.8. The lowest BCUT2D eigenvalue weighted by atomic mass is 10.1. The molecule has 0 aliphatic carbocycles. The first-order valence-electron chi connectivity index (χ1n) is 9.06. The van der Waals surface area contributed by atoms with E-state index >= 15 is 0 Å². The minimum absolute atomic E-state index is 0.319. The van der Waals surface area contributed by atoms with E-state index in [2.05, 4.69) is 6.07 Å². The van der Waals surface area contributed by atoms with Crippen molar-refractivity contribution < 1.29 is 19.1 Å². The standard InChI is InChI=1S/C22H19ClN2O4/c1-15(29-17-7-4-6-16(23)12-17)22(27)28-14-21(26)19-13-25(11-5-10-24)20-9-3-2-8-18(19)20/h2-4,6-9,12-13,15H,5,11,14H2,1H3. The molecule has 0 spiro atoms. The number of aryl methyl sites for hydroxylation is 1. The number of ether oxygens (including phenoxy) is 2. The van der Waals surface area contributed by atoms with Gasteiger partial charge in [0.2, 0.25) is 5.78 Å². The maximum absolute atomic E-state index is 12.7. The molecule has 148 valence electrons. The van der Waals surface area contributed by atoms with E-state index in [4.69, 9.17) is 26.3 Å². The van der Waals surface area contributed by atoms with Crippen molar-refractivity contribution in [1.29, 1.82) is 5.26 Å². The van der Waals surface area contributed by atoms with Gasteiger partial charge in [0.1, 0.15) is 5.75 Å². The van der Waals surface area contributed by atoms with Crippen LogP contribution >= 0.6 is 11.6 Å². The molecule has 1 heterocycles. The third-order valence-electron chi connectivity index (χ3n) is 4.34. The van der Waals surface area contributed by atoms with Crippen LogP contribution in [-0.2, 0) is 16.1 Å².